The number of methoxy groups -OCH3 is 2. The van der Waals surface area contributed by atoms with E-state index in [1.165, 1.54) is 38.5 Å². The lowest BCUT2D eigenvalue weighted by Gasteiger charge is -2.08. The molecule has 6 nitrogen and oxygen atoms in total. The van der Waals surface area contributed by atoms with Crippen molar-refractivity contribution in [3.63, 3.8) is 0 Å². The summed E-state index contributed by atoms with van der Waals surface area (Å²) in [7, 11) is 2.62. The minimum absolute atomic E-state index is 0.101. The van der Waals surface area contributed by atoms with Crippen molar-refractivity contribution in [1.29, 1.82) is 0 Å². The number of carbonyl (C=O) groups excluding carboxylic acids is 2. The van der Waals surface area contributed by atoms with E-state index in [2.05, 4.69) is 0 Å². The highest BCUT2D eigenvalue weighted by Crippen LogP contribution is 2.24. The number of esters is 2. The molecule has 0 amide bonds. The van der Waals surface area contributed by atoms with E-state index >= 15 is 0 Å². The Hall–Kier alpha value is -4.32. The van der Waals surface area contributed by atoms with Crippen LogP contribution in [-0.4, -0.2) is 36.4 Å². The molecule has 0 spiro atoms. The molecular weight excluding hydrogens is 408 g/mol. The van der Waals surface area contributed by atoms with Crippen LogP contribution in [0.15, 0.2) is 72.8 Å². The molecule has 2 N–H and O–H groups in total. The van der Waals surface area contributed by atoms with E-state index in [0.29, 0.717) is 22.3 Å². The number of phenolic OH excluding ortho intramolecular Hbond substituents is 2. The SMILES string of the molecule is COC(=O)C(=Cc1ccc(/C=C(/C(=O)OC)c2ccc(O)cc2)cc1)c1ccc(O)cc1. The van der Waals surface area contributed by atoms with Crippen molar-refractivity contribution in [3.05, 3.63) is 95.1 Å². The van der Waals surface area contributed by atoms with Gasteiger partial charge < -0.3 is 19.7 Å². The summed E-state index contributed by atoms with van der Waals surface area (Å²) in [4.78, 5) is 24.5. The Morgan fingerprint density at radius 3 is 1.19 bits per heavy atom. The molecule has 0 unspecified atom stereocenters. The van der Waals surface area contributed by atoms with Gasteiger partial charge in [-0.15, -0.1) is 0 Å². The van der Waals surface area contributed by atoms with E-state index < -0.39 is 11.9 Å². The average Bonchev–Trinajstić information content (AvgIpc) is 2.82. The molecule has 0 saturated heterocycles. The molecule has 0 bridgehead atoms. The van der Waals surface area contributed by atoms with Gasteiger partial charge in [0.1, 0.15) is 11.5 Å². The molecule has 0 aliphatic rings. The number of benzene rings is 3. The van der Waals surface area contributed by atoms with Crippen LogP contribution in [-0.2, 0) is 19.1 Å². The van der Waals surface area contributed by atoms with Gasteiger partial charge in [0.2, 0.25) is 0 Å². The quantitative estimate of drug-likeness (QED) is 0.339. The van der Waals surface area contributed by atoms with Crippen molar-refractivity contribution in [2.45, 2.75) is 0 Å². The van der Waals surface area contributed by atoms with E-state index in [-0.39, 0.29) is 11.5 Å². The van der Waals surface area contributed by atoms with E-state index in [0.717, 1.165) is 11.1 Å². The van der Waals surface area contributed by atoms with Gasteiger partial charge in [-0.1, -0.05) is 48.5 Å². The number of carbonyl (C=O) groups is 2. The van der Waals surface area contributed by atoms with Crippen LogP contribution in [0.1, 0.15) is 22.3 Å². The zero-order chi connectivity index (χ0) is 23.1. The topological polar surface area (TPSA) is 93.1 Å². The highest BCUT2D eigenvalue weighted by atomic mass is 16.5. The second-order valence-electron chi connectivity index (χ2n) is 6.86. The molecule has 0 fully saturated rings. The smallest absolute Gasteiger partial charge is 0.338 e. The second kappa shape index (κ2) is 10.1. The Kier molecular flexibility index (Phi) is 7.08. The highest BCUT2D eigenvalue weighted by Gasteiger charge is 2.14. The van der Waals surface area contributed by atoms with Crippen LogP contribution in [0.3, 0.4) is 0 Å². The lowest BCUT2D eigenvalue weighted by molar-refractivity contribution is -0.134. The van der Waals surface area contributed by atoms with E-state index in [9.17, 15) is 19.8 Å². The van der Waals surface area contributed by atoms with Crippen LogP contribution < -0.4 is 0 Å². The predicted molar refractivity (Wildman–Crippen MR) is 122 cm³/mol. The van der Waals surface area contributed by atoms with Crippen molar-refractivity contribution < 1.29 is 29.3 Å². The van der Waals surface area contributed by atoms with Gasteiger partial charge in [-0.3, -0.25) is 0 Å². The fourth-order valence-corrected chi connectivity index (χ4v) is 3.04. The van der Waals surface area contributed by atoms with E-state index in [4.69, 9.17) is 9.47 Å². The largest absolute Gasteiger partial charge is 0.508 e. The van der Waals surface area contributed by atoms with Crippen molar-refractivity contribution in [2.24, 2.45) is 0 Å². The molecule has 0 radical (unpaired) electrons. The van der Waals surface area contributed by atoms with Crippen molar-refractivity contribution in [3.8, 4) is 11.5 Å². The molecule has 3 aromatic carbocycles. The number of hydrogen-bond acceptors (Lipinski definition) is 6. The Labute approximate surface area is 185 Å². The van der Waals surface area contributed by atoms with Crippen molar-refractivity contribution >= 4 is 35.2 Å². The molecular formula is C26H22O6. The fourth-order valence-electron chi connectivity index (χ4n) is 3.04. The lowest BCUT2D eigenvalue weighted by Crippen LogP contribution is -2.04. The van der Waals surface area contributed by atoms with Gasteiger partial charge in [-0.25, -0.2) is 9.59 Å². The Morgan fingerprint density at radius 2 is 0.906 bits per heavy atom. The van der Waals surface area contributed by atoms with Gasteiger partial charge in [-0.2, -0.15) is 0 Å². The molecule has 3 rings (SSSR count). The Balaban J connectivity index is 1.95. The standard InChI is InChI=1S/C26H22O6/c1-31-25(29)23(19-7-11-21(27)12-8-19)15-17-3-5-18(6-4-17)16-24(26(30)32-2)20-9-13-22(28)14-10-20/h3-16,27-28H,1-2H3/b23-15+,24-16?. The summed E-state index contributed by atoms with van der Waals surface area (Å²) in [6, 6.07) is 19.8. The van der Waals surface area contributed by atoms with Gasteiger partial charge in [0, 0.05) is 0 Å². The number of aromatic hydroxyl groups is 2. The monoisotopic (exact) mass is 430 g/mol. The van der Waals surface area contributed by atoms with Crippen LogP contribution in [0.2, 0.25) is 0 Å². The summed E-state index contributed by atoms with van der Waals surface area (Å²) in [6.45, 7) is 0. The zero-order valence-corrected chi connectivity index (χ0v) is 17.6. The third-order valence-electron chi connectivity index (χ3n) is 4.73. The first-order valence-corrected chi connectivity index (χ1v) is 9.70. The van der Waals surface area contributed by atoms with Gasteiger partial charge in [0.15, 0.2) is 0 Å². The molecule has 3 aromatic rings. The second-order valence-corrected chi connectivity index (χ2v) is 6.86. The van der Waals surface area contributed by atoms with Crippen LogP contribution >= 0.6 is 0 Å². The van der Waals surface area contributed by atoms with Gasteiger partial charge in [0.05, 0.1) is 25.4 Å². The number of hydrogen-bond donors (Lipinski definition) is 2. The first kappa shape index (κ1) is 22.4. The van der Waals surface area contributed by atoms with Crippen LogP contribution in [0.25, 0.3) is 23.3 Å². The summed E-state index contributed by atoms with van der Waals surface area (Å²) < 4.78 is 9.79. The van der Waals surface area contributed by atoms with Gasteiger partial charge in [-0.05, 0) is 58.7 Å². The van der Waals surface area contributed by atoms with Crippen molar-refractivity contribution in [2.75, 3.05) is 14.2 Å². The number of rotatable bonds is 6. The maximum absolute atomic E-state index is 12.3. The molecule has 0 aromatic heterocycles. The summed E-state index contributed by atoms with van der Waals surface area (Å²) in [5.41, 5.74) is 3.41. The summed E-state index contributed by atoms with van der Waals surface area (Å²) in [5.74, 6) is -0.798. The predicted octanol–water partition coefficient (Wildman–Crippen LogP) is 4.53. The van der Waals surface area contributed by atoms with Crippen molar-refractivity contribution in [1.82, 2.24) is 0 Å². The minimum Gasteiger partial charge on any atom is -0.508 e. The summed E-state index contributed by atoms with van der Waals surface area (Å²) in [6.07, 6.45) is 3.37. The van der Waals surface area contributed by atoms with Crippen LogP contribution in [0.5, 0.6) is 11.5 Å². The summed E-state index contributed by atoms with van der Waals surface area (Å²) >= 11 is 0. The maximum atomic E-state index is 12.3. The first-order valence-electron chi connectivity index (χ1n) is 9.70. The minimum atomic E-state index is -0.500. The third kappa shape index (κ3) is 5.43. The van der Waals surface area contributed by atoms with Crippen LogP contribution in [0.4, 0.5) is 0 Å². The number of phenols is 2. The molecule has 0 saturated carbocycles. The molecule has 0 heterocycles. The normalized spacial score (nSPS) is 11.7. The van der Waals surface area contributed by atoms with Crippen LogP contribution in [0, 0.1) is 0 Å². The third-order valence-corrected chi connectivity index (χ3v) is 4.73. The zero-order valence-electron chi connectivity index (χ0n) is 17.6. The molecule has 0 aliphatic heterocycles. The Bertz CT molecular complexity index is 1060. The lowest BCUT2D eigenvalue weighted by atomic mass is 10.00. The maximum Gasteiger partial charge on any atom is 0.338 e. The molecule has 0 aliphatic carbocycles. The Morgan fingerprint density at radius 1 is 0.594 bits per heavy atom. The molecule has 0 atom stereocenters. The van der Waals surface area contributed by atoms with Gasteiger partial charge >= 0.3 is 11.9 Å². The van der Waals surface area contributed by atoms with Gasteiger partial charge in [0.25, 0.3) is 0 Å². The van der Waals surface area contributed by atoms with E-state index in [1.807, 2.05) is 0 Å². The number of ether oxygens (including phenoxy) is 2. The average molecular weight is 430 g/mol. The molecule has 6 heteroatoms. The van der Waals surface area contributed by atoms with E-state index in [1.54, 1.807) is 60.7 Å². The molecule has 32 heavy (non-hydrogen) atoms. The molecule has 162 valence electrons. The first-order chi connectivity index (χ1) is 15.4. The summed E-state index contributed by atoms with van der Waals surface area (Å²) in [5, 5.41) is 19.0. The highest BCUT2D eigenvalue weighted by molar-refractivity contribution is 6.22. The fraction of sp³-hybridized carbons (Fsp3) is 0.0769.